The van der Waals surface area contributed by atoms with Crippen LogP contribution in [0, 0.1) is 33.8 Å². The molecule has 0 amide bonds. The number of anilines is 2. The number of allylic oxidation sites excluding steroid dienone is 4. The standard InChI is InChI=1S/C22H28N8O4S/c1-14-17(13-23)20(25-8-4-10-33-2)27-21(26-9-5-11-34-3)19(14)28-29-22(35)16-12-15(30(31)32)6-7-18(16)24/h6-7,12,24,35H,4-5,8-11H2,1-3H3,(H2,25,26,27)/b22-16-,24-18?,29-28+. The zero-order valence-corrected chi connectivity index (χ0v) is 20.7. The van der Waals surface area contributed by atoms with Crippen LogP contribution in [0.5, 0.6) is 0 Å². The van der Waals surface area contributed by atoms with Gasteiger partial charge < -0.3 is 25.5 Å². The van der Waals surface area contributed by atoms with Gasteiger partial charge in [0.25, 0.3) is 5.70 Å². The molecule has 1 heterocycles. The molecule has 0 unspecified atom stereocenters. The quantitative estimate of drug-likeness (QED) is 0.103. The first-order valence-corrected chi connectivity index (χ1v) is 11.2. The van der Waals surface area contributed by atoms with Crippen molar-refractivity contribution in [1.82, 2.24) is 4.98 Å². The van der Waals surface area contributed by atoms with E-state index in [0.29, 0.717) is 61.2 Å². The number of aromatic nitrogens is 1. The first-order valence-electron chi connectivity index (χ1n) is 10.7. The highest BCUT2D eigenvalue weighted by atomic mass is 32.1. The van der Waals surface area contributed by atoms with Crippen LogP contribution >= 0.6 is 12.6 Å². The van der Waals surface area contributed by atoms with Crippen LogP contribution in [-0.2, 0) is 9.47 Å². The van der Waals surface area contributed by atoms with Crippen molar-refractivity contribution >= 4 is 35.7 Å². The zero-order valence-electron chi connectivity index (χ0n) is 19.8. The van der Waals surface area contributed by atoms with Gasteiger partial charge in [-0.15, -0.1) is 22.9 Å². The Kier molecular flexibility index (Phi) is 11.0. The first-order chi connectivity index (χ1) is 16.8. The molecule has 0 atom stereocenters. The molecule has 0 radical (unpaired) electrons. The van der Waals surface area contributed by atoms with Crippen molar-refractivity contribution in [3.05, 3.63) is 55.8 Å². The molecular formula is C22H28N8O4S. The number of nitro groups is 1. The molecule has 1 aromatic heterocycles. The molecule has 0 aliphatic heterocycles. The summed E-state index contributed by atoms with van der Waals surface area (Å²) in [6.45, 7) is 3.95. The Bertz CT molecular complexity index is 1120. The SMILES string of the molecule is COCCCNc1nc(NCCCOC)c(/N=N/C(S)=C2\C=C([N+](=O)[O-])C=CC2=N)c(C)c1C#N. The number of rotatable bonds is 13. The van der Waals surface area contributed by atoms with E-state index in [4.69, 9.17) is 14.9 Å². The Hall–Kier alpha value is -3.60. The van der Waals surface area contributed by atoms with E-state index in [1.807, 2.05) is 0 Å². The van der Waals surface area contributed by atoms with Gasteiger partial charge in [0, 0.05) is 63.8 Å². The van der Waals surface area contributed by atoms with Crippen molar-refractivity contribution < 1.29 is 14.4 Å². The molecule has 0 spiro atoms. The van der Waals surface area contributed by atoms with Crippen LogP contribution in [0.2, 0.25) is 0 Å². The normalized spacial score (nSPS) is 14.6. The second-order valence-corrected chi connectivity index (χ2v) is 7.75. The molecule has 1 aliphatic rings. The van der Waals surface area contributed by atoms with E-state index in [-0.39, 0.29) is 22.0 Å². The molecule has 186 valence electrons. The van der Waals surface area contributed by atoms with Gasteiger partial charge in [0.15, 0.2) is 5.82 Å². The minimum absolute atomic E-state index is 0.0145. The van der Waals surface area contributed by atoms with Gasteiger partial charge in [-0.3, -0.25) is 10.1 Å². The maximum absolute atomic E-state index is 11.1. The smallest absolute Gasteiger partial charge is 0.270 e. The predicted molar refractivity (Wildman–Crippen MR) is 136 cm³/mol. The number of nitrogens with one attached hydrogen (secondary N) is 3. The number of nitriles is 1. The molecule has 35 heavy (non-hydrogen) atoms. The van der Waals surface area contributed by atoms with Crippen LogP contribution in [-0.4, -0.2) is 56.1 Å². The summed E-state index contributed by atoms with van der Waals surface area (Å²) in [5.41, 5.74) is 1.16. The Labute approximate surface area is 208 Å². The molecule has 1 aliphatic carbocycles. The topological polar surface area (TPSA) is 171 Å². The lowest BCUT2D eigenvalue weighted by molar-refractivity contribution is -0.419. The lowest BCUT2D eigenvalue weighted by atomic mass is 10.1. The van der Waals surface area contributed by atoms with E-state index >= 15 is 0 Å². The van der Waals surface area contributed by atoms with E-state index < -0.39 is 4.92 Å². The van der Waals surface area contributed by atoms with Gasteiger partial charge in [0.2, 0.25) is 0 Å². The lowest BCUT2D eigenvalue weighted by Crippen LogP contribution is -2.12. The molecule has 0 fully saturated rings. The Balaban J connectivity index is 2.47. The van der Waals surface area contributed by atoms with Crippen molar-refractivity contribution in [1.29, 1.82) is 10.7 Å². The van der Waals surface area contributed by atoms with Gasteiger partial charge in [-0.1, -0.05) is 0 Å². The minimum Gasteiger partial charge on any atom is -0.385 e. The van der Waals surface area contributed by atoms with E-state index in [1.165, 1.54) is 18.2 Å². The van der Waals surface area contributed by atoms with E-state index in [0.717, 1.165) is 6.42 Å². The van der Waals surface area contributed by atoms with Crippen molar-refractivity contribution in [2.24, 2.45) is 10.2 Å². The summed E-state index contributed by atoms with van der Waals surface area (Å²) in [6.07, 6.45) is 5.19. The molecular weight excluding hydrogens is 472 g/mol. The molecule has 2 rings (SSSR count). The number of ether oxygens (including phenoxy) is 2. The fourth-order valence-corrected chi connectivity index (χ4v) is 3.26. The fraction of sp³-hybridized carbons (Fsp3) is 0.409. The van der Waals surface area contributed by atoms with Crippen LogP contribution in [0.25, 0.3) is 0 Å². The summed E-state index contributed by atoms with van der Waals surface area (Å²) in [6, 6.07) is 2.16. The highest BCUT2D eigenvalue weighted by Gasteiger charge is 2.19. The second kappa shape index (κ2) is 14.0. The molecule has 1 aromatic rings. The molecule has 0 saturated carbocycles. The number of thiol groups is 1. The van der Waals surface area contributed by atoms with Gasteiger partial charge in [-0.25, -0.2) is 4.98 Å². The van der Waals surface area contributed by atoms with Crippen LogP contribution < -0.4 is 10.6 Å². The average Bonchev–Trinajstić information content (AvgIpc) is 2.84. The zero-order chi connectivity index (χ0) is 25.8. The molecule has 12 nitrogen and oxygen atoms in total. The third-order valence-corrected chi connectivity index (χ3v) is 5.19. The Morgan fingerprint density at radius 3 is 2.43 bits per heavy atom. The molecule has 3 N–H and O–H groups in total. The lowest BCUT2D eigenvalue weighted by Gasteiger charge is -2.15. The summed E-state index contributed by atoms with van der Waals surface area (Å²) in [5, 5.41) is 43.6. The molecule has 0 bridgehead atoms. The number of hydrogen-bond donors (Lipinski definition) is 4. The van der Waals surface area contributed by atoms with E-state index in [9.17, 15) is 15.4 Å². The van der Waals surface area contributed by atoms with Gasteiger partial charge in [0.05, 0.1) is 16.2 Å². The van der Waals surface area contributed by atoms with Crippen molar-refractivity contribution in [3.8, 4) is 6.07 Å². The van der Waals surface area contributed by atoms with Gasteiger partial charge in [-0.05, 0) is 25.8 Å². The molecule has 0 aromatic carbocycles. The van der Waals surface area contributed by atoms with Crippen LogP contribution in [0.15, 0.2) is 44.8 Å². The Morgan fingerprint density at radius 1 is 1.23 bits per heavy atom. The average molecular weight is 501 g/mol. The maximum Gasteiger partial charge on any atom is 0.270 e. The van der Waals surface area contributed by atoms with Crippen LogP contribution in [0.4, 0.5) is 17.3 Å². The van der Waals surface area contributed by atoms with Gasteiger partial charge in [-0.2, -0.15) is 5.26 Å². The molecule has 0 saturated heterocycles. The van der Waals surface area contributed by atoms with Gasteiger partial charge >= 0.3 is 0 Å². The van der Waals surface area contributed by atoms with E-state index in [2.05, 4.69) is 44.5 Å². The third kappa shape index (κ3) is 7.71. The fourth-order valence-electron chi connectivity index (χ4n) is 3.03. The highest BCUT2D eigenvalue weighted by molar-refractivity contribution is 7.84. The largest absolute Gasteiger partial charge is 0.385 e. The van der Waals surface area contributed by atoms with Crippen molar-refractivity contribution in [2.45, 2.75) is 19.8 Å². The number of methoxy groups -OCH3 is 2. The molecule has 13 heteroatoms. The summed E-state index contributed by atoms with van der Waals surface area (Å²) in [5.74, 6) is 0.818. The van der Waals surface area contributed by atoms with Crippen molar-refractivity contribution in [2.75, 3.05) is 51.2 Å². The van der Waals surface area contributed by atoms with Crippen LogP contribution in [0.3, 0.4) is 0 Å². The van der Waals surface area contributed by atoms with Gasteiger partial charge in [0.1, 0.15) is 22.6 Å². The minimum atomic E-state index is -0.561. The maximum atomic E-state index is 11.1. The Morgan fingerprint density at radius 2 is 1.86 bits per heavy atom. The second-order valence-electron chi connectivity index (χ2n) is 7.33. The van der Waals surface area contributed by atoms with E-state index in [1.54, 1.807) is 21.1 Å². The number of pyridine rings is 1. The first kappa shape index (κ1) is 27.6. The van der Waals surface area contributed by atoms with Crippen molar-refractivity contribution in [3.63, 3.8) is 0 Å². The summed E-state index contributed by atoms with van der Waals surface area (Å²) >= 11 is 4.30. The third-order valence-electron chi connectivity index (χ3n) is 4.86. The number of nitrogens with zero attached hydrogens (tertiary/aromatic N) is 5. The predicted octanol–water partition coefficient (Wildman–Crippen LogP) is 4.13. The monoisotopic (exact) mass is 500 g/mol. The van der Waals surface area contributed by atoms with Crippen LogP contribution in [0.1, 0.15) is 24.0 Å². The number of azo groups is 1. The summed E-state index contributed by atoms with van der Waals surface area (Å²) in [4.78, 5) is 15.1. The summed E-state index contributed by atoms with van der Waals surface area (Å²) in [7, 11) is 3.24. The number of hydrogen-bond acceptors (Lipinski definition) is 12. The summed E-state index contributed by atoms with van der Waals surface area (Å²) < 4.78 is 10.1. The highest BCUT2D eigenvalue weighted by Crippen LogP contribution is 2.35.